The minimum Gasteiger partial charge on any atom is -0.349 e. The molecule has 1 aromatic carbocycles. The molecule has 1 fully saturated rings. The second-order valence-electron chi connectivity index (χ2n) is 4.58. The largest absolute Gasteiger partial charge is 0.349 e. The minimum absolute atomic E-state index is 0.0722. The zero-order chi connectivity index (χ0) is 14.6. The highest BCUT2D eigenvalue weighted by Crippen LogP contribution is 2.19. The van der Waals surface area contributed by atoms with E-state index in [1.165, 1.54) is 24.3 Å². The molecule has 20 heavy (non-hydrogen) atoms. The van der Waals surface area contributed by atoms with Gasteiger partial charge in [0.15, 0.2) is 0 Å². The number of carbonyl (C=O) groups excluding carboxylic acids is 1. The highest BCUT2D eigenvalue weighted by Gasteiger charge is 2.24. The first-order chi connectivity index (χ1) is 9.53. The minimum atomic E-state index is -3.62. The van der Waals surface area contributed by atoms with E-state index in [2.05, 4.69) is 10.0 Å². The van der Waals surface area contributed by atoms with Crippen LogP contribution in [0.1, 0.15) is 29.6 Å². The molecule has 7 heteroatoms. The van der Waals surface area contributed by atoms with Crippen LogP contribution in [0.5, 0.6) is 0 Å². The predicted octanol–water partition coefficient (Wildman–Crippen LogP) is 0.771. The third-order valence-electron chi connectivity index (χ3n) is 2.87. The van der Waals surface area contributed by atoms with Crippen LogP contribution in [0.2, 0.25) is 0 Å². The first-order valence-electron chi connectivity index (χ1n) is 6.30. The van der Waals surface area contributed by atoms with Crippen LogP contribution in [-0.4, -0.2) is 26.9 Å². The van der Waals surface area contributed by atoms with Gasteiger partial charge in [-0.2, -0.15) is 5.26 Å². The van der Waals surface area contributed by atoms with E-state index in [1.807, 2.05) is 6.07 Å². The Balaban J connectivity index is 2.03. The second kappa shape index (κ2) is 6.03. The molecule has 6 nitrogen and oxygen atoms in total. The van der Waals surface area contributed by atoms with Crippen LogP contribution >= 0.6 is 0 Å². The normalized spacial score (nSPS) is 14.6. The van der Waals surface area contributed by atoms with Gasteiger partial charge in [0.2, 0.25) is 10.0 Å². The van der Waals surface area contributed by atoms with Gasteiger partial charge in [-0.05, 0) is 37.1 Å². The van der Waals surface area contributed by atoms with E-state index in [1.54, 1.807) is 0 Å². The summed E-state index contributed by atoms with van der Waals surface area (Å²) in [4.78, 5) is 11.8. The van der Waals surface area contributed by atoms with Crippen molar-refractivity contribution < 1.29 is 13.2 Å². The molecule has 1 saturated carbocycles. The van der Waals surface area contributed by atoms with Crippen LogP contribution in [0.4, 0.5) is 0 Å². The van der Waals surface area contributed by atoms with Crippen molar-refractivity contribution in [2.24, 2.45) is 0 Å². The van der Waals surface area contributed by atoms with Gasteiger partial charge in [-0.15, -0.1) is 0 Å². The first-order valence-corrected chi connectivity index (χ1v) is 7.79. The van der Waals surface area contributed by atoms with Gasteiger partial charge in [0.1, 0.15) is 0 Å². The Bertz CT molecular complexity index is 628. The number of nitrogens with zero attached hydrogens (tertiary/aromatic N) is 1. The zero-order valence-corrected chi connectivity index (χ0v) is 11.6. The lowest BCUT2D eigenvalue weighted by Crippen LogP contribution is -2.26. The summed E-state index contributed by atoms with van der Waals surface area (Å²) in [7, 11) is -3.62. The summed E-state index contributed by atoms with van der Waals surface area (Å²) in [5, 5.41) is 11.2. The lowest BCUT2D eigenvalue weighted by Gasteiger charge is -2.07. The molecule has 2 N–H and O–H groups in total. The monoisotopic (exact) mass is 293 g/mol. The third kappa shape index (κ3) is 3.79. The number of nitriles is 1. The molecule has 106 valence electrons. The Hall–Kier alpha value is -1.91. The van der Waals surface area contributed by atoms with Gasteiger partial charge in [0, 0.05) is 24.6 Å². The van der Waals surface area contributed by atoms with Crippen molar-refractivity contribution in [2.45, 2.75) is 30.2 Å². The summed E-state index contributed by atoms with van der Waals surface area (Å²) in [6.07, 6.45) is 2.11. The van der Waals surface area contributed by atoms with Gasteiger partial charge in [0.05, 0.1) is 11.0 Å². The number of hydrogen-bond acceptors (Lipinski definition) is 4. The summed E-state index contributed by atoms with van der Waals surface area (Å²) in [6.45, 7) is 0.0722. The van der Waals surface area contributed by atoms with Crippen LogP contribution < -0.4 is 10.0 Å². The van der Waals surface area contributed by atoms with Gasteiger partial charge in [-0.3, -0.25) is 4.79 Å². The Morgan fingerprint density at radius 3 is 2.50 bits per heavy atom. The maximum Gasteiger partial charge on any atom is 0.251 e. The van der Waals surface area contributed by atoms with Crippen LogP contribution in [0.25, 0.3) is 0 Å². The van der Waals surface area contributed by atoms with Crippen molar-refractivity contribution in [1.29, 1.82) is 5.26 Å². The SMILES string of the molecule is N#CCCNS(=O)(=O)c1ccc(C(=O)NC2CC2)cc1. The van der Waals surface area contributed by atoms with E-state index in [0.717, 1.165) is 12.8 Å². The molecule has 1 aromatic rings. The fourth-order valence-corrected chi connectivity index (χ4v) is 2.64. The van der Waals surface area contributed by atoms with Gasteiger partial charge in [0.25, 0.3) is 5.91 Å². The highest BCUT2D eigenvalue weighted by atomic mass is 32.2. The topological polar surface area (TPSA) is 99.1 Å². The summed E-state index contributed by atoms with van der Waals surface area (Å²) >= 11 is 0. The standard InChI is InChI=1S/C13H15N3O3S/c14-8-1-9-15-20(18,19)12-6-2-10(3-7-12)13(17)16-11-4-5-11/h2-3,6-7,11,15H,1,4-5,9H2,(H,16,17). The third-order valence-corrected chi connectivity index (χ3v) is 4.35. The molecule has 0 heterocycles. The Morgan fingerprint density at radius 2 is 1.95 bits per heavy atom. The van der Waals surface area contributed by atoms with Crippen molar-refractivity contribution in [1.82, 2.24) is 10.0 Å². The fourth-order valence-electron chi connectivity index (χ4n) is 1.61. The quantitative estimate of drug-likeness (QED) is 0.757. The fraction of sp³-hybridized carbons (Fsp3) is 0.385. The van der Waals surface area contributed by atoms with E-state index >= 15 is 0 Å². The Morgan fingerprint density at radius 1 is 1.30 bits per heavy atom. The predicted molar refractivity (Wildman–Crippen MR) is 72.3 cm³/mol. The number of rotatable bonds is 6. The maximum atomic E-state index is 11.9. The average molecular weight is 293 g/mol. The van der Waals surface area contributed by atoms with Crippen LogP contribution in [0.3, 0.4) is 0 Å². The van der Waals surface area contributed by atoms with E-state index in [4.69, 9.17) is 5.26 Å². The molecular formula is C13H15N3O3S. The molecule has 0 atom stereocenters. The summed E-state index contributed by atoms with van der Waals surface area (Å²) in [5.74, 6) is -0.186. The van der Waals surface area contributed by atoms with Gasteiger partial charge < -0.3 is 5.32 Å². The number of nitrogens with one attached hydrogen (secondary N) is 2. The van der Waals surface area contributed by atoms with Crippen molar-refractivity contribution in [3.05, 3.63) is 29.8 Å². The average Bonchev–Trinajstić information content (AvgIpc) is 3.23. The van der Waals surface area contributed by atoms with Crippen molar-refractivity contribution in [2.75, 3.05) is 6.54 Å². The van der Waals surface area contributed by atoms with Crippen LogP contribution in [-0.2, 0) is 10.0 Å². The second-order valence-corrected chi connectivity index (χ2v) is 6.34. The number of sulfonamides is 1. The zero-order valence-electron chi connectivity index (χ0n) is 10.8. The molecule has 0 spiro atoms. The van der Waals surface area contributed by atoms with E-state index in [0.29, 0.717) is 5.56 Å². The first kappa shape index (κ1) is 14.5. The molecule has 1 aliphatic rings. The smallest absolute Gasteiger partial charge is 0.251 e. The van der Waals surface area contributed by atoms with E-state index in [9.17, 15) is 13.2 Å². The van der Waals surface area contributed by atoms with Gasteiger partial charge in [-0.25, -0.2) is 13.1 Å². The molecule has 0 saturated heterocycles. The summed E-state index contributed by atoms with van der Waals surface area (Å²) in [6, 6.07) is 7.86. The molecule has 0 aromatic heterocycles. The molecule has 1 amide bonds. The lowest BCUT2D eigenvalue weighted by molar-refractivity contribution is 0.0951. The van der Waals surface area contributed by atoms with Crippen molar-refractivity contribution >= 4 is 15.9 Å². The Kier molecular flexibility index (Phi) is 4.37. The van der Waals surface area contributed by atoms with E-state index in [-0.39, 0.29) is 29.8 Å². The summed E-state index contributed by atoms with van der Waals surface area (Å²) < 4.78 is 26.0. The number of carbonyl (C=O) groups is 1. The lowest BCUT2D eigenvalue weighted by atomic mass is 10.2. The molecule has 0 bridgehead atoms. The molecule has 0 aliphatic heterocycles. The molecular weight excluding hydrogens is 278 g/mol. The summed E-state index contributed by atoms with van der Waals surface area (Å²) in [5.41, 5.74) is 0.438. The van der Waals surface area contributed by atoms with Gasteiger partial charge in [-0.1, -0.05) is 0 Å². The van der Waals surface area contributed by atoms with Crippen molar-refractivity contribution in [3.63, 3.8) is 0 Å². The molecule has 2 rings (SSSR count). The van der Waals surface area contributed by atoms with E-state index < -0.39 is 10.0 Å². The molecule has 0 unspecified atom stereocenters. The van der Waals surface area contributed by atoms with Gasteiger partial charge >= 0.3 is 0 Å². The molecule has 0 radical (unpaired) electrons. The Labute approximate surface area is 117 Å². The molecule has 1 aliphatic carbocycles. The number of benzene rings is 1. The number of amides is 1. The van der Waals surface area contributed by atoms with Crippen LogP contribution in [0.15, 0.2) is 29.2 Å². The van der Waals surface area contributed by atoms with Crippen molar-refractivity contribution in [3.8, 4) is 6.07 Å². The highest BCUT2D eigenvalue weighted by molar-refractivity contribution is 7.89. The maximum absolute atomic E-state index is 11.9. The van der Waals surface area contributed by atoms with Crippen LogP contribution in [0, 0.1) is 11.3 Å². The number of hydrogen-bond donors (Lipinski definition) is 2.